The molecule has 0 saturated heterocycles. The summed E-state index contributed by atoms with van der Waals surface area (Å²) in [7, 11) is 0. The quantitative estimate of drug-likeness (QED) is 0.689. The van der Waals surface area contributed by atoms with Gasteiger partial charge in [-0.3, -0.25) is 4.90 Å². The predicted octanol–water partition coefficient (Wildman–Crippen LogP) is 4.85. The van der Waals surface area contributed by atoms with E-state index in [4.69, 9.17) is 11.6 Å². The highest BCUT2D eigenvalue weighted by molar-refractivity contribution is 6.18. The fourth-order valence-electron chi connectivity index (χ4n) is 2.86. The van der Waals surface area contributed by atoms with Gasteiger partial charge in [0.1, 0.15) is 0 Å². The molecule has 0 aromatic heterocycles. The number of hydrogen-bond donors (Lipinski definition) is 0. The third-order valence-electron chi connectivity index (χ3n) is 3.87. The van der Waals surface area contributed by atoms with E-state index in [1.807, 2.05) is 0 Å². The molecular weight excluding hydrogens is 278 g/mol. The second-order valence-corrected chi connectivity index (χ2v) is 6.14. The average molecular weight is 302 g/mol. The van der Waals surface area contributed by atoms with Gasteiger partial charge in [0.15, 0.2) is 0 Å². The maximum absolute atomic E-state index is 5.99. The molecule has 2 aromatic rings. The van der Waals surface area contributed by atoms with Crippen LogP contribution in [0, 0.1) is 20.8 Å². The molecular formula is C19H24ClN. The Labute approximate surface area is 133 Å². The summed E-state index contributed by atoms with van der Waals surface area (Å²) in [4.78, 5) is 2.42. The van der Waals surface area contributed by atoms with E-state index < -0.39 is 0 Å². The van der Waals surface area contributed by atoms with Crippen molar-refractivity contribution in [1.82, 2.24) is 4.90 Å². The Hall–Kier alpha value is -1.31. The molecule has 0 unspecified atom stereocenters. The number of nitrogens with zero attached hydrogens (tertiary/aromatic N) is 1. The summed E-state index contributed by atoms with van der Waals surface area (Å²) in [5, 5.41) is 0. The van der Waals surface area contributed by atoms with E-state index in [0.717, 1.165) is 19.6 Å². The second-order valence-electron chi connectivity index (χ2n) is 5.76. The van der Waals surface area contributed by atoms with Crippen LogP contribution >= 0.6 is 11.6 Å². The Kier molecular flexibility index (Phi) is 5.84. The van der Waals surface area contributed by atoms with Crippen molar-refractivity contribution in [3.8, 4) is 0 Å². The van der Waals surface area contributed by atoms with Gasteiger partial charge in [-0.1, -0.05) is 48.0 Å². The molecule has 2 heteroatoms. The number of rotatable bonds is 6. The van der Waals surface area contributed by atoms with Crippen LogP contribution < -0.4 is 0 Å². The summed E-state index contributed by atoms with van der Waals surface area (Å²) in [6, 6.07) is 15.1. The minimum atomic E-state index is 0.663. The molecule has 0 saturated carbocycles. The van der Waals surface area contributed by atoms with Crippen LogP contribution in [0.4, 0.5) is 0 Å². The van der Waals surface area contributed by atoms with Gasteiger partial charge in [0.25, 0.3) is 0 Å². The normalized spacial score (nSPS) is 11.1. The zero-order chi connectivity index (χ0) is 15.2. The average Bonchev–Trinajstić information content (AvgIpc) is 2.44. The van der Waals surface area contributed by atoms with Gasteiger partial charge >= 0.3 is 0 Å². The molecule has 0 heterocycles. The Balaban J connectivity index is 2.17. The third kappa shape index (κ3) is 4.59. The second kappa shape index (κ2) is 7.63. The molecule has 0 atom stereocenters. The Morgan fingerprint density at radius 1 is 0.905 bits per heavy atom. The number of alkyl halides is 1. The lowest BCUT2D eigenvalue weighted by molar-refractivity contribution is 0.272. The first-order chi connectivity index (χ1) is 10.1. The van der Waals surface area contributed by atoms with E-state index in [2.05, 4.69) is 68.1 Å². The van der Waals surface area contributed by atoms with Gasteiger partial charge in [0.05, 0.1) is 0 Å². The molecule has 0 N–H and O–H groups in total. The minimum Gasteiger partial charge on any atom is -0.294 e. The van der Waals surface area contributed by atoms with Crippen molar-refractivity contribution in [2.24, 2.45) is 0 Å². The van der Waals surface area contributed by atoms with Crippen LogP contribution in [0.5, 0.6) is 0 Å². The fraction of sp³-hybridized carbons (Fsp3) is 0.368. The molecule has 1 nitrogen and oxygen atoms in total. The lowest BCUT2D eigenvalue weighted by atomic mass is 9.99. The molecule has 0 aliphatic rings. The SMILES string of the molecule is Cc1cc(C)c(CN(CCCl)Cc2ccccc2)c(C)c1. The maximum atomic E-state index is 5.99. The number of hydrogen-bond acceptors (Lipinski definition) is 1. The highest BCUT2D eigenvalue weighted by Gasteiger charge is 2.10. The first kappa shape index (κ1) is 16.1. The summed E-state index contributed by atoms with van der Waals surface area (Å²) >= 11 is 5.99. The predicted molar refractivity (Wildman–Crippen MR) is 91.9 cm³/mol. The van der Waals surface area contributed by atoms with Crippen molar-refractivity contribution in [3.63, 3.8) is 0 Å². The topological polar surface area (TPSA) is 3.24 Å². The third-order valence-corrected chi connectivity index (χ3v) is 4.04. The molecule has 0 amide bonds. The molecule has 112 valence electrons. The van der Waals surface area contributed by atoms with E-state index in [0.29, 0.717) is 5.88 Å². The van der Waals surface area contributed by atoms with Gasteiger partial charge in [0, 0.05) is 25.5 Å². The molecule has 0 aliphatic heterocycles. The molecule has 0 bridgehead atoms. The highest BCUT2D eigenvalue weighted by Crippen LogP contribution is 2.19. The zero-order valence-corrected chi connectivity index (χ0v) is 14.0. The lowest BCUT2D eigenvalue weighted by Gasteiger charge is -2.24. The van der Waals surface area contributed by atoms with Crippen molar-refractivity contribution in [2.75, 3.05) is 12.4 Å². The monoisotopic (exact) mass is 301 g/mol. The van der Waals surface area contributed by atoms with Crippen molar-refractivity contribution in [2.45, 2.75) is 33.9 Å². The van der Waals surface area contributed by atoms with E-state index in [-0.39, 0.29) is 0 Å². The van der Waals surface area contributed by atoms with E-state index in [9.17, 15) is 0 Å². The van der Waals surface area contributed by atoms with Gasteiger partial charge in [-0.2, -0.15) is 0 Å². The Morgan fingerprint density at radius 2 is 1.52 bits per heavy atom. The van der Waals surface area contributed by atoms with Gasteiger partial charge in [-0.25, -0.2) is 0 Å². The highest BCUT2D eigenvalue weighted by atomic mass is 35.5. The van der Waals surface area contributed by atoms with Crippen LogP contribution in [0.2, 0.25) is 0 Å². The van der Waals surface area contributed by atoms with Gasteiger partial charge in [0.2, 0.25) is 0 Å². The molecule has 0 aliphatic carbocycles. The van der Waals surface area contributed by atoms with Crippen molar-refractivity contribution in [3.05, 3.63) is 70.3 Å². The van der Waals surface area contributed by atoms with Crippen LogP contribution in [-0.4, -0.2) is 17.3 Å². The summed E-state index contributed by atoms with van der Waals surface area (Å²) in [6.07, 6.45) is 0. The maximum Gasteiger partial charge on any atom is 0.0351 e. The molecule has 0 spiro atoms. The first-order valence-corrected chi connectivity index (χ1v) is 8.02. The molecule has 21 heavy (non-hydrogen) atoms. The molecule has 0 radical (unpaired) electrons. The number of aryl methyl sites for hydroxylation is 3. The van der Waals surface area contributed by atoms with Crippen LogP contribution in [0.15, 0.2) is 42.5 Å². The van der Waals surface area contributed by atoms with E-state index in [1.54, 1.807) is 0 Å². The van der Waals surface area contributed by atoms with Crippen LogP contribution in [0.3, 0.4) is 0 Å². The van der Waals surface area contributed by atoms with E-state index in [1.165, 1.54) is 27.8 Å². The standard InChI is InChI=1S/C19H24ClN/c1-15-11-16(2)19(17(3)12-15)14-21(10-9-20)13-18-7-5-4-6-8-18/h4-8,11-12H,9-10,13-14H2,1-3H3. The lowest BCUT2D eigenvalue weighted by Crippen LogP contribution is -2.25. The fourth-order valence-corrected chi connectivity index (χ4v) is 3.10. The van der Waals surface area contributed by atoms with Crippen molar-refractivity contribution in [1.29, 1.82) is 0 Å². The summed E-state index contributed by atoms with van der Waals surface area (Å²) in [6.45, 7) is 9.38. The molecule has 0 fully saturated rings. The minimum absolute atomic E-state index is 0.663. The van der Waals surface area contributed by atoms with Gasteiger partial charge in [-0.05, 0) is 43.0 Å². The summed E-state index contributed by atoms with van der Waals surface area (Å²) in [5.74, 6) is 0.663. The summed E-state index contributed by atoms with van der Waals surface area (Å²) in [5.41, 5.74) is 6.85. The molecule has 2 rings (SSSR count). The Morgan fingerprint density at radius 3 is 2.10 bits per heavy atom. The van der Waals surface area contributed by atoms with Crippen LogP contribution in [0.25, 0.3) is 0 Å². The first-order valence-electron chi connectivity index (χ1n) is 7.49. The number of halogens is 1. The van der Waals surface area contributed by atoms with Gasteiger partial charge < -0.3 is 0 Å². The van der Waals surface area contributed by atoms with Gasteiger partial charge in [-0.15, -0.1) is 11.6 Å². The number of benzene rings is 2. The summed E-state index contributed by atoms with van der Waals surface area (Å²) < 4.78 is 0. The molecule has 2 aromatic carbocycles. The van der Waals surface area contributed by atoms with Crippen molar-refractivity contribution >= 4 is 11.6 Å². The van der Waals surface area contributed by atoms with Crippen LogP contribution in [-0.2, 0) is 13.1 Å². The van der Waals surface area contributed by atoms with Crippen LogP contribution in [0.1, 0.15) is 27.8 Å². The van der Waals surface area contributed by atoms with Crippen molar-refractivity contribution < 1.29 is 0 Å². The Bertz CT molecular complexity index is 554. The smallest absolute Gasteiger partial charge is 0.0351 e. The van der Waals surface area contributed by atoms with E-state index >= 15 is 0 Å². The zero-order valence-electron chi connectivity index (χ0n) is 13.2. The largest absolute Gasteiger partial charge is 0.294 e.